The second-order valence-electron chi connectivity index (χ2n) is 4.53. The molecular formula is C15H17NO3. The van der Waals surface area contributed by atoms with Gasteiger partial charge in [-0.2, -0.15) is 0 Å². The Balaban J connectivity index is 1.93. The van der Waals surface area contributed by atoms with E-state index >= 15 is 0 Å². The lowest BCUT2D eigenvalue weighted by molar-refractivity contribution is 0.0695. The number of furan rings is 1. The van der Waals surface area contributed by atoms with E-state index in [0.717, 1.165) is 24.4 Å². The zero-order chi connectivity index (χ0) is 13.7. The molecular weight excluding hydrogens is 242 g/mol. The molecule has 4 heteroatoms. The Morgan fingerprint density at radius 2 is 2.05 bits per heavy atom. The van der Waals surface area contributed by atoms with Crippen LogP contribution < -0.4 is 0 Å². The van der Waals surface area contributed by atoms with Crippen molar-refractivity contribution in [2.24, 2.45) is 0 Å². The van der Waals surface area contributed by atoms with Crippen molar-refractivity contribution in [3.63, 3.8) is 0 Å². The summed E-state index contributed by atoms with van der Waals surface area (Å²) in [6, 6.07) is 10.9. The van der Waals surface area contributed by atoms with E-state index in [1.54, 1.807) is 18.4 Å². The number of hydrogen-bond donors (Lipinski definition) is 1. The molecule has 1 aromatic heterocycles. The summed E-state index contributed by atoms with van der Waals surface area (Å²) < 4.78 is 5.28. The Morgan fingerprint density at radius 3 is 2.74 bits per heavy atom. The van der Waals surface area contributed by atoms with Gasteiger partial charge in [-0.25, -0.2) is 4.79 Å². The highest BCUT2D eigenvalue weighted by molar-refractivity contribution is 5.89. The fourth-order valence-electron chi connectivity index (χ4n) is 2.01. The quantitative estimate of drug-likeness (QED) is 0.866. The Kier molecular flexibility index (Phi) is 4.36. The van der Waals surface area contributed by atoms with Crippen molar-refractivity contribution in [1.82, 2.24) is 4.90 Å². The molecule has 1 heterocycles. The van der Waals surface area contributed by atoms with Crippen LogP contribution in [-0.4, -0.2) is 29.6 Å². The summed E-state index contributed by atoms with van der Waals surface area (Å²) in [5, 5.41) is 9.11. The largest absolute Gasteiger partial charge is 0.478 e. The number of rotatable bonds is 6. The van der Waals surface area contributed by atoms with Crippen molar-refractivity contribution in [2.45, 2.75) is 13.0 Å². The van der Waals surface area contributed by atoms with Gasteiger partial charge in [0.15, 0.2) is 0 Å². The molecule has 0 radical (unpaired) electrons. The first-order chi connectivity index (χ1) is 9.16. The van der Waals surface area contributed by atoms with Gasteiger partial charge in [0.25, 0.3) is 0 Å². The van der Waals surface area contributed by atoms with Gasteiger partial charge in [-0.15, -0.1) is 0 Å². The number of benzene rings is 1. The second-order valence-corrected chi connectivity index (χ2v) is 4.53. The topological polar surface area (TPSA) is 53.7 Å². The predicted octanol–water partition coefficient (Wildman–Crippen LogP) is 2.65. The van der Waals surface area contributed by atoms with Crippen molar-refractivity contribution >= 4 is 5.97 Å². The molecule has 0 fully saturated rings. The number of likely N-dealkylation sites (N-methyl/N-ethyl adjacent to an activating group) is 1. The number of nitrogens with zero attached hydrogens (tertiary/aromatic N) is 1. The van der Waals surface area contributed by atoms with E-state index in [9.17, 15) is 4.79 Å². The van der Waals surface area contributed by atoms with E-state index in [1.807, 2.05) is 31.3 Å². The van der Waals surface area contributed by atoms with Crippen molar-refractivity contribution in [2.75, 3.05) is 13.6 Å². The third-order valence-electron chi connectivity index (χ3n) is 3.02. The first-order valence-electron chi connectivity index (χ1n) is 6.19. The molecule has 0 saturated carbocycles. The third kappa shape index (κ3) is 3.69. The van der Waals surface area contributed by atoms with E-state index in [2.05, 4.69) is 4.90 Å². The fourth-order valence-corrected chi connectivity index (χ4v) is 2.01. The Hall–Kier alpha value is -2.07. The van der Waals surface area contributed by atoms with Crippen LogP contribution in [0.1, 0.15) is 21.7 Å². The van der Waals surface area contributed by atoms with Crippen LogP contribution in [0.4, 0.5) is 0 Å². The van der Waals surface area contributed by atoms with Gasteiger partial charge in [0.2, 0.25) is 0 Å². The molecule has 0 saturated heterocycles. The van der Waals surface area contributed by atoms with E-state index in [4.69, 9.17) is 9.52 Å². The minimum Gasteiger partial charge on any atom is -0.478 e. The lowest BCUT2D eigenvalue weighted by Gasteiger charge is -2.15. The van der Waals surface area contributed by atoms with Gasteiger partial charge in [0, 0.05) is 6.54 Å². The molecule has 2 aromatic rings. The summed E-state index contributed by atoms with van der Waals surface area (Å²) in [6.45, 7) is 1.51. The normalized spacial score (nSPS) is 10.8. The van der Waals surface area contributed by atoms with E-state index < -0.39 is 5.97 Å². The second kappa shape index (κ2) is 6.20. The van der Waals surface area contributed by atoms with Crippen molar-refractivity contribution in [3.8, 4) is 0 Å². The summed E-state index contributed by atoms with van der Waals surface area (Å²) >= 11 is 0. The van der Waals surface area contributed by atoms with Crippen LogP contribution in [0.3, 0.4) is 0 Å². The minimum atomic E-state index is -0.871. The van der Waals surface area contributed by atoms with E-state index in [-0.39, 0.29) is 0 Å². The molecule has 0 amide bonds. The van der Waals surface area contributed by atoms with Crippen LogP contribution in [-0.2, 0) is 13.0 Å². The molecule has 0 aliphatic rings. The Morgan fingerprint density at radius 1 is 1.26 bits per heavy atom. The molecule has 1 N–H and O–H groups in total. The number of carbonyl (C=O) groups is 1. The van der Waals surface area contributed by atoms with Gasteiger partial charge in [0.1, 0.15) is 5.76 Å². The first kappa shape index (κ1) is 13.4. The van der Waals surface area contributed by atoms with Gasteiger partial charge in [0.05, 0.1) is 18.4 Å². The molecule has 0 unspecified atom stereocenters. The lowest BCUT2D eigenvalue weighted by atomic mass is 10.0. The van der Waals surface area contributed by atoms with E-state index in [0.29, 0.717) is 12.0 Å². The van der Waals surface area contributed by atoms with Gasteiger partial charge in [-0.3, -0.25) is 4.90 Å². The number of carboxylic acids is 1. The third-order valence-corrected chi connectivity index (χ3v) is 3.02. The van der Waals surface area contributed by atoms with Crippen LogP contribution in [0.5, 0.6) is 0 Å². The van der Waals surface area contributed by atoms with Crippen molar-refractivity contribution < 1.29 is 14.3 Å². The molecule has 0 spiro atoms. The average Bonchev–Trinajstić information content (AvgIpc) is 2.89. The SMILES string of the molecule is CN(CCc1ccccc1C(=O)O)Cc1ccco1. The lowest BCUT2D eigenvalue weighted by Crippen LogP contribution is -2.21. The fraction of sp³-hybridized carbons (Fsp3) is 0.267. The molecule has 1 aromatic carbocycles. The number of hydrogen-bond acceptors (Lipinski definition) is 3. The zero-order valence-electron chi connectivity index (χ0n) is 10.9. The Labute approximate surface area is 112 Å². The van der Waals surface area contributed by atoms with E-state index in [1.165, 1.54) is 0 Å². The summed E-state index contributed by atoms with van der Waals surface area (Å²) in [5.74, 6) is 0.0401. The smallest absolute Gasteiger partial charge is 0.335 e. The van der Waals surface area contributed by atoms with Crippen LogP contribution in [0.2, 0.25) is 0 Å². The predicted molar refractivity (Wildman–Crippen MR) is 72.1 cm³/mol. The van der Waals surface area contributed by atoms with Crippen molar-refractivity contribution in [1.29, 1.82) is 0 Å². The van der Waals surface area contributed by atoms with Crippen LogP contribution in [0.25, 0.3) is 0 Å². The highest BCUT2D eigenvalue weighted by atomic mass is 16.4. The highest BCUT2D eigenvalue weighted by Crippen LogP contribution is 2.11. The molecule has 0 bridgehead atoms. The maximum absolute atomic E-state index is 11.1. The maximum Gasteiger partial charge on any atom is 0.335 e. The maximum atomic E-state index is 11.1. The van der Waals surface area contributed by atoms with Crippen LogP contribution in [0, 0.1) is 0 Å². The molecule has 4 nitrogen and oxygen atoms in total. The molecule has 2 rings (SSSR count). The van der Waals surface area contributed by atoms with Gasteiger partial charge in [-0.05, 0) is 37.2 Å². The van der Waals surface area contributed by atoms with Gasteiger partial charge < -0.3 is 9.52 Å². The Bertz CT molecular complexity index is 534. The summed E-state index contributed by atoms with van der Waals surface area (Å²) in [4.78, 5) is 13.2. The minimum absolute atomic E-state index is 0.383. The van der Waals surface area contributed by atoms with Crippen LogP contribution in [0.15, 0.2) is 47.1 Å². The van der Waals surface area contributed by atoms with Crippen LogP contribution >= 0.6 is 0 Å². The summed E-state index contributed by atoms with van der Waals surface area (Å²) in [5.41, 5.74) is 1.25. The average molecular weight is 259 g/mol. The van der Waals surface area contributed by atoms with Gasteiger partial charge in [-0.1, -0.05) is 18.2 Å². The molecule has 0 aliphatic heterocycles. The number of aromatic carboxylic acids is 1. The first-order valence-corrected chi connectivity index (χ1v) is 6.19. The number of carboxylic acid groups (broad SMARTS) is 1. The molecule has 0 atom stereocenters. The monoisotopic (exact) mass is 259 g/mol. The zero-order valence-corrected chi connectivity index (χ0v) is 10.9. The molecule has 0 aliphatic carbocycles. The van der Waals surface area contributed by atoms with Gasteiger partial charge >= 0.3 is 5.97 Å². The summed E-state index contributed by atoms with van der Waals surface area (Å²) in [7, 11) is 1.99. The molecule has 19 heavy (non-hydrogen) atoms. The standard InChI is InChI=1S/C15H17NO3/c1-16(11-13-6-4-10-19-13)9-8-12-5-2-3-7-14(12)15(17)18/h2-7,10H,8-9,11H2,1H3,(H,17,18). The molecule has 100 valence electrons. The highest BCUT2D eigenvalue weighted by Gasteiger charge is 2.10. The van der Waals surface area contributed by atoms with Crippen molar-refractivity contribution in [3.05, 3.63) is 59.5 Å². The summed E-state index contributed by atoms with van der Waals surface area (Å²) in [6.07, 6.45) is 2.36.